The van der Waals surface area contributed by atoms with Crippen LogP contribution in [0.4, 0.5) is 0 Å². The molecule has 0 aliphatic heterocycles. The monoisotopic (exact) mass is 618 g/mol. The largest absolute Gasteiger partial charge is 0.493 e. The number of hydrogen-bond donors (Lipinski definition) is 2. The second-order valence-electron chi connectivity index (χ2n) is 10.3. The van der Waals surface area contributed by atoms with Crippen molar-refractivity contribution in [3.05, 3.63) is 35.4 Å². The number of carbonyl (C=O) groups excluding carboxylic acids is 2. The van der Waals surface area contributed by atoms with Gasteiger partial charge < -0.3 is 39.1 Å². The van der Waals surface area contributed by atoms with Crippen LogP contribution < -0.4 is 39.1 Å². The van der Waals surface area contributed by atoms with Gasteiger partial charge in [-0.05, 0) is 51.2 Å². The Morgan fingerprint density at radius 3 is 1.11 bits per heavy atom. The highest BCUT2D eigenvalue weighted by Gasteiger charge is 2.24. The first kappa shape index (κ1) is 36.3. The van der Waals surface area contributed by atoms with Crippen molar-refractivity contribution in [1.29, 1.82) is 0 Å². The number of methoxy groups -OCH3 is 6. The summed E-state index contributed by atoms with van der Waals surface area (Å²) in [7, 11) is 13.1. The molecule has 246 valence electrons. The second-order valence-corrected chi connectivity index (χ2v) is 10.3. The Hall–Kier alpha value is -3.90. The molecule has 0 spiro atoms. The van der Waals surface area contributed by atoms with Gasteiger partial charge in [0, 0.05) is 24.2 Å². The number of likely N-dealkylation sites (N-methyl/N-ethyl adjacent to an activating group) is 2. The lowest BCUT2D eigenvalue weighted by Gasteiger charge is -2.33. The summed E-state index contributed by atoms with van der Waals surface area (Å²) in [5, 5.41) is 6.30. The SMILES string of the molecule is CCCC(NC(=O)c1cc(OC)c(OC)c(OC)c1)N(C)CCN(C)C(CCC)NC(=O)c1cc(OC)c(OC)c(OC)c1. The van der Waals surface area contributed by atoms with E-state index in [2.05, 4.69) is 34.3 Å². The Labute approximate surface area is 261 Å². The lowest BCUT2D eigenvalue weighted by molar-refractivity contribution is 0.0793. The molecular weight excluding hydrogens is 568 g/mol. The molecule has 2 unspecified atom stereocenters. The summed E-state index contributed by atoms with van der Waals surface area (Å²) in [4.78, 5) is 30.9. The molecule has 2 atom stereocenters. The topological polar surface area (TPSA) is 120 Å². The molecule has 0 fully saturated rings. The number of nitrogens with zero attached hydrogens (tertiary/aromatic N) is 2. The van der Waals surface area contributed by atoms with Crippen molar-refractivity contribution in [1.82, 2.24) is 20.4 Å². The molecule has 0 radical (unpaired) electrons. The van der Waals surface area contributed by atoms with E-state index in [1.807, 2.05) is 14.1 Å². The van der Waals surface area contributed by atoms with E-state index in [0.717, 1.165) is 25.7 Å². The first-order chi connectivity index (χ1) is 21.1. The van der Waals surface area contributed by atoms with Gasteiger partial charge in [-0.2, -0.15) is 0 Å². The van der Waals surface area contributed by atoms with Gasteiger partial charge >= 0.3 is 0 Å². The van der Waals surface area contributed by atoms with E-state index in [-0.39, 0.29) is 24.1 Å². The first-order valence-electron chi connectivity index (χ1n) is 14.7. The van der Waals surface area contributed by atoms with E-state index < -0.39 is 0 Å². The highest BCUT2D eigenvalue weighted by Crippen LogP contribution is 2.39. The van der Waals surface area contributed by atoms with Crippen molar-refractivity contribution in [2.24, 2.45) is 0 Å². The summed E-state index contributed by atoms with van der Waals surface area (Å²) in [6, 6.07) is 6.55. The number of hydrogen-bond acceptors (Lipinski definition) is 10. The van der Waals surface area contributed by atoms with Crippen molar-refractivity contribution >= 4 is 11.8 Å². The van der Waals surface area contributed by atoms with E-state index in [1.165, 1.54) is 42.7 Å². The van der Waals surface area contributed by atoms with Crippen molar-refractivity contribution in [3.63, 3.8) is 0 Å². The van der Waals surface area contributed by atoms with Gasteiger partial charge in [0.15, 0.2) is 23.0 Å². The molecule has 0 aliphatic carbocycles. The Bertz CT molecular complexity index is 1080. The highest BCUT2D eigenvalue weighted by atomic mass is 16.5. The quantitative estimate of drug-likeness (QED) is 0.224. The van der Waals surface area contributed by atoms with Crippen molar-refractivity contribution in [2.45, 2.75) is 51.9 Å². The van der Waals surface area contributed by atoms with Crippen molar-refractivity contribution in [2.75, 3.05) is 69.8 Å². The third-order valence-corrected chi connectivity index (χ3v) is 7.44. The van der Waals surface area contributed by atoms with Gasteiger partial charge in [-0.3, -0.25) is 19.4 Å². The van der Waals surface area contributed by atoms with Gasteiger partial charge in [0.25, 0.3) is 11.8 Å². The average molecular weight is 619 g/mol. The zero-order valence-electron chi connectivity index (χ0n) is 27.9. The smallest absolute Gasteiger partial charge is 0.252 e. The van der Waals surface area contributed by atoms with E-state index in [9.17, 15) is 9.59 Å². The van der Waals surface area contributed by atoms with Crippen molar-refractivity contribution < 1.29 is 38.0 Å². The normalized spacial score (nSPS) is 12.4. The Balaban J connectivity index is 2.13. The van der Waals surface area contributed by atoms with E-state index in [4.69, 9.17) is 28.4 Å². The lowest BCUT2D eigenvalue weighted by atomic mass is 10.1. The molecule has 12 nitrogen and oxygen atoms in total. The molecule has 0 saturated carbocycles. The maximum atomic E-state index is 13.3. The molecule has 2 aromatic rings. The maximum absolute atomic E-state index is 13.3. The van der Waals surface area contributed by atoms with Crippen LogP contribution in [0.2, 0.25) is 0 Å². The summed E-state index contributed by atoms with van der Waals surface area (Å²) < 4.78 is 32.4. The summed E-state index contributed by atoms with van der Waals surface area (Å²) in [5.41, 5.74) is 0.812. The van der Waals surface area contributed by atoms with E-state index in [0.29, 0.717) is 58.7 Å². The number of ether oxygens (including phenoxy) is 6. The molecule has 0 aliphatic rings. The molecular formula is C32H50N4O8. The number of rotatable bonds is 19. The van der Waals surface area contributed by atoms with Gasteiger partial charge in [-0.25, -0.2) is 0 Å². The third-order valence-electron chi connectivity index (χ3n) is 7.44. The van der Waals surface area contributed by atoms with Crippen LogP contribution in [-0.2, 0) is 0 Å². The summed E-state index contributed by atoms with van der Waals surface area (Å²) in [6.45, 7) is 5.46. The minimum atomic E-state index is -0.246. The van der Waals surface area contributed by atoms with E-state index in [1.54, 1.807) is 24.3 Å². The van der Waals surface area contributed by atoms with Crippen LogP contribution in [0.15, 0.2) is 24.3 Å². The zero-order chi connectivity index (χ0) is 32.8. The molecule has 2 amide bonds. The van der Waals surface area contributed by atoms with Crippen LogP contribution in [0.25, 0.3) is 0 Å². The summed E-state index contributed by atoms with van der Waals surface area (Å²) in [6.07, 6.45) is 2.85. The van der Waals surface area contributed by atoms with Crippen LogP contribution in [0.5, 0.6) is 34.5 Å². The summed E-state index contributed by atoms with van der Waals surface area (Å²) in [5.74, 6) is 2.01. The Kier molecular flexibility index (Phi) is 14.9. The average Bonchev–Trinajstić information content (AvgIpc) is 3.04. The van der Waals surface area contributed by atoms with Crippen LogP contribution in [0.1, 0.15) is 60.2 Å². The predicted octanol–water partition coefficient (Wildman–Crippen LogP) is 4.01. The molecule has 2 rings (SSSR count). The van der Waals surface area contributed by atoms with Crippen LogP contribution in [0, 0.1) is 0 Å². The number of nitrogens with one attached hydrogen (secondary N) is 2. The Morgan fingerprint density at radius 2 is 0.886 bits per heavy atom. The molecule has 12 heteroatoms. The van der Waals surface area contributed by atoms with Crippen LogP contribution in [-0.4, -0.2) is 104 Å². The molecule has 0 aromatic heterocycles. The maximum Gasteiger partial charge on any atom is 0.252 e. The number of benzene rings is 2. The van der Waals surface area contributed by atoms with Gasteiger partial charge in [-0.15, -0.1) is 0 Å². The molecule has 0 saturated heterocycles. The van der Waals surface area contributed by atoms with Gasteiger partial charge in [0.1, 0.15) is 0 Å². The minimum Gasteiger partial charge on any atom is -0.493 e. The number of amides is 2. The molecule has 0 heterocycles. The third kappa shape index (κ3) is 9.30. The zero-order valence-corrected chi connectivity index (χ0v) is 27.9. The molecule has 2 N–H and O–H groups in total. The van der Waals surface area contributed by atoms with Gasteiger partial charge in [0.05, 0.1) is 55.0 Å². The molecule has 2 aromatic carbocycles. The Morgan fingerprint density at radius 1 is 0.591 bits per heavy atom. The fourth-order valence-corrected chi connectivity index (χ4v) is 4.87. The molecule has 0 bridgehead atoms. The lowest BCUT2D eigenvalue weighted by Crippen LogP contribution is -2.51. The predicted molar refractivity (Wildman–Crippen MR) is 170 cm³/mol. The molecule has 44 heavy (non-hydrogen) atoms. The fraction of sp³-hybridized carbons (Fsp3) is 0.562. The fourth-order valence-electron chi connectivity index (χ4n) is 4.87. The van der Waals surface area contributed by atoms with Gasteiger partial charge in [-0.1, -0.05) is 26.7 Å². The standard InChI is InChI=1S/C32H50N4O8/c1-11-13-27(33-31(37)21-17-23(39-5)29(43-9)24(18-21)40-6)35(3)15-16-36(4)28(14-12-2)34-32(38)22-19-25(41-7)30(44-10)26(20-22)42-8/h17-20,27-28H,11-16H2,1-10H3,(H,33,37)(H,34,38). The summed E-state index contributed by atoms with van der Waals surface area (Å²) >= 11 is 0. The minimum absolute atomic E-state index is 0.210. The van der Waals surface area contributed by atoms with Crippen LogP contribution >= 0.6 is 0 Å². The van der Waals surface area contributed by atoms with Crippen LogP contribution in [0.3, 0.4) is 0 Å². The van der Waals surface area contributed by atoms with E-state index >= 15 is 0 Å². The highest BCUT2D eigenvalue weighted by molar-refractivity contribution is 5.96. The number of carbonyl (C=O) groups is 2. The van der Waals surface area contributed by atoms with Gasteiger partial charge in [0.2, 0.25) is 11.5 Å². The van der Waals surface area contributed by atoms with Crippen molar-refractivity contribution in [3.8, 4) is 34.5 Å². The first-order valence-corrected chi connectivity index (χ1v) is 14.7. The second kappa shape index (κ2) is 18.0.